The van der Waals surface area contributed by atoms with E-state index >= 15 is 0 Å². The molecule has 126 valence electrons. The molecule has 0 spiro atoms. The van der Waals surface area contributed by atoms with Gasteiger partial charge in [-0.05, 0) is 49.1 Å². The first-order chi connectivity index (χ1) is 11.1. The van der Waals surface area contributed by atoms with E-state index in [0.717, 1.165) is 19.3 Å². The van der Waals surface area contributed by atoms with Gasteiger partial charge in [-0.2, -0.15) is 0 Å². The van der Waals surface area contributed by atoms with Gasteiger partial charge in [0, 0.05) is 23.6 Å². The molecule has 0 aliphatic heterocycles. The van der Waals surface area contributed by atoms with E-state index in [4.69, 9.17) is 0 Å². The average Bonchev–Trinajstić information content (AvgIpc) is 3.18. The highest BCUT2D eigenvalue weighted by molar-refractivity contribution is 7.17. The Balaban J connectivity index is 0.000000213. The maximum atomic E-state index is 11.0. The minimum Gasteiger partial charge on any atom is -0.354 e. The minimum atomic E-state index is 0.00389. The van der Waals surface area contributed by atoms with Gasteiger partial charge in [-0.25, -0.2) is 0 Å². The van der Waals surface area contributed by atoms with Crippen LogP contribution in [0.5, 0.6) is 0 Å². The number of thiophene rings is 1. The molecular formula is C19H27NO2S. The molecule has 2 unspecified atom stereocenters. The molecule has 1 aromatic heterocycles. The van der Waals surface area contributed by atoms with Crippen LogP contribution in [-0.4, -0.2) is 17.7 Å². The number of amides is 1. The lowest BCUT2D eigenvalue weighted by Crippen LogP contribution is -2.31. The van der Waals surface area contributed by atoms with Gasteiger partial charge in [-0.1, -0.05) is 32.0 Å². The SMILES string of the molecule is CC.CC(=O)NC1CCC(C(C)=O)C1.c1ccc2sccc2c1. The van der Waals surface area contributed by atoms with E-state index in [1.165, 1.54) is 17.0 Å². The van der Waals surface area contributed by atoms with Crippen LogP contribution in [0.25, 0.3) is 10.1 Å². The van der Waals surface area contributed by atoms with Crippen LogP contribution in [0.2, 0.25) is 0 Å². The molecule has 0 bridgehead atoms. The molecule has 1 aliphatic carbocycles. The molecule has 1 amide bonds. The van der Waals surface area contributed by atoms with Gasteiger partial charge in [0.25, 0.3) is 0 Å². The van der Waals surface area contributed by atoms with Gasteiger partial charge in [-0.15, -0.1) is 11.3 Å². The van der Waals surface area contributed by atoms with Gasteiger partial charge in [0.2, 0.25) is 5.91 Å². The third-order valence-electron chi connectivity index (χ3n) is 3.78. The molecule has 1 fully saturated rings. The van der Waals surface area contributed by atoms with Crippen LogP contribution < -0.4 is 5.32 Å². The lowest BCUT2D eigenvalue weighted by molar-refractivity contribution is -0.121. The Morgan fingerprint density at radius 2 is 1.78 bits per heavy atom. The highest BCUT2D eigenvalue weighted by atomic mass is 32.1. The smallest absolute Gasteiger partial charge is 0.217 e. The number of carbonyl (C=O) groups excluding carboxylic acids is 2. The van der Waals surface area contributed by atoms with Crippen molar-refractivity contribution in [2.45, 2.75) is 53.0 Å². The fourth-order valence-electron chi connectivity index (χ4n) is 2.68. The van der Waals surface area contributed by atoms with Crippen molar-refractivity contribution in [1.29, 1.82) is 0 Å². The van der Waals surface area contributed by atoms with Crippen molar-refractivity contribution >= 4 is 33.1 Å². The molecule has 1 saturated carbocycles. The average molecular weight is 333 g/mol. The topological polar surface area (TPSA) is 46.2 Å². The number of Topliss-reactive ketones (excluding diaryl/α,β-unsaturated/α-hetero) is 1. The summed E-state index contributed by atoms with van der Waals surface area (Å²) < 4.78 is 1.37. The number of carbonyl (C=O) groups is 2. The number of fused-ring (bicyclic) bond motifs is 1. The van der Waals surface area contributed by atoms with Crippen LogP contribution in [0.1, 0.15) is 47.0 Å². The molecule has 23 heavy (non-hydrogen) atoms. The Hall–Kier alpha value is -1.68. The highest BCUT2D eigenvalue weighted by Crippen LogP contribution is 2.25. The van der Waals surface area contributed by atoms with E-state index in [1.54, 1.807) is 18.3 Å². The number of benzene rings is 1. The Morgan fingerprint density at radius 3 is 2.35 bits per heavy atom. The number of nitrogens with one attached hydrogen (secondary N) is 1. The van der Waals surface area contributed by atoms with Gasteiger partial charge in [0.15, 0.2) is 0 Å². The Kier molecular flexibility index (Phi) is 8.56. The summed E-state index contributed by atoms with van der Waals surface area (Å²) in [7, 11) is 0. The zero-order valence-corrected chi connectivity index (χ0v) is 15.3. The Morgan fingerprint density at radius 1 is 1.09 bits per heavy atom. The fourth-order valence-corrected chi connectivity index (χ4v) is 3.47. The van der Waals surface area contributed by atoms with Gasteiger partial charge in [0.1, 0.15) is 5.78 Å². The lowest BCUT2D eigenvalue weighted by atomic mass is 10.0. The van der Waals surface area contributed by atoms with E-state index in [-0.39, 0.29) is 23.7 Å². The zero-order valence-electron chi connectivity index (χ0n) is 14.5. The second-order valence-corrected chi connectivity index (χ2v) is 6.42. The lowest BCUT2D eigenvalue weighted by Gasteiger charge is -2.09. The van der Waals surface area contributed by atoms with Crippen molar-refractivity contribution in [1.82, 2.24) is 5.32 Å². The van der Waals surface area contributed by atoms with E-state index in [1.807, 2.05) is 13.8 Å². The first kappa shape index (κ1) is 19.4. The van der Waals surface area contributed by atoms with E-state index in [2.05, 4.69) is 41.0 Å². The number of ketones is 1. The molecule has 2 atom stereocenters. The van der Waals surface area contributed by atoms with Crippen molar-refractivity contribution in [2.24, 2.45) is 5.92 Å². The maximum Gasteiger partial charge on any atom is 0.217 e. The van der Waals surface area contributed by atoms with Crippen LogP contribution in [0, 0.1) is 5.92 Å². The molecular weight excluding hydrogens is 306 g/mol. The van der Waals surface area contributed by atoms with Crippen LogP contribution in [0.15, 0.2) is 35.7 Å². The molecule has 0 saturated heterocycles. The molecule has 4 heteroatoms. The third kappa shape index (κ3) is 6.53. The first-order valence-electron chi connectivity index (χ1n) is 8.26. The van der Waals surface area contributed by atoms with Crippen molar-refractivity contribution in [3.05, 3.63) is 35.7 Å². The fraction of sp³-hybridized carbons (Fsp3) is 0.474. The summed E-state index contributed by atoms with van der Waals surface area (Å²) in [4.78, 5) is 21.6. The van der Waals surface area contributed by atoms with Crippen LogP contribution in [-0.2, 0) is 9.59 Å². The van der Waals surface area contributed by atoms with Gasteiger partial charge in [-0.3, -0.25) is 9.59 Å². The third-order valence-corrected chi connectivity index (χ3v) is 4.67. The normalized spacial score (nSPS) is 19.1. The van der Waals surface area contributed by atoms with E-state index < -0.39 is 0 Å². The van der Waals surface area contributed by atoms with E-state index in [9.17, 15) is 9.59 Å². The van der Waals surface area contributed by atoms with Crippen molar-refractivity contribution in [3.63, 3.8) is 0 Å². The molecule has 1 aromatic carbocycles. The molecule has 3 rings (SSSR count). The van der Waals surface area contributed by atoms with Gasteiger partial charge >= 0.3 is 0 Å². The predicted molar refractivity (Wildman–Crippen MR) is 98.8 cm³/mol. The Bertz CT molecular complexity index is 590. The molecule has 3 nitrogen and oxygen atoms in total. The standard InChI is InChI=1S/C9H15NO2.C8H6S.C2H6/c1-6(11)8-3-4-9(5-8)10-7(2)12;1-2-4-8-7(3-1)5-6-9-8;1-2/h8-9H,3-5H2,1-2H3,(H,10,12);1-6H;1-2H3. The molecule has 1 heterocycles. The highest BCUT2D eigenvalue weighted by Gasteiger charge is 2.27. The number of hydrogen-bond acceptors (Lipinski definition) is 3. The number of rotatable bonds is 2. The summed E-state index contributed by atoms with van der Waals surface area (Å²) in [6, 6.07) is 10.8. The second-order valence-electron chi connectivity index (χ2n) is 5.48. The van der Waals surface area contributed by atoms with Crippen LogP contribution in [0.4, 0.5) is 0 Å². The number of hydrogen-bond donors (Lipinski definition) is 1. The van der Waals surface area contributed by atoms with Crippen LogP contribution in [0.3, 0.4) is 0 Å². The predicted octanol–water partition coefficient (Wildman–Crippen LogP) is 4.81. The van der Waals surface area contributed by atoms with Crippen molar-refractivity contribution in [3.8, 4) is 0 Å². The summed E-state index contributed by atoms with van der Waals surface area (Å²) in [5, 5.41) is 6.30. The van der Waals surface area contributed by atoms with Crippen molar-refractivity contribution in [2.75, 3.05) is 0 Å². The van der Waals surface area contributed by atoms with Crippen molar-refractivity contribution < 1.29 is 9.59 Å². The summed E-state index contributed by atoms with van der Waals surface area (Å²) in [5.41, 5.74) is 0. The largest absolute Gasteiger partial charge is 0.354 e. The second kappa shape index (κ2) is 10.2. The summed E-state index contributed by atoms with van der Waals surface area (Å²) in [6.45, 7) is 7.14. The molecule has 1 N–H and O–H groups in total. The van der Waals surface area contributed by atoms with Gasteiger partial charge < -0.3 is 5.32 Å². The quantitative estimate of drug-likeness (QED) is 0.857. The molecule has 1 aliphatic rings. The summed E-state index contributed by atoms with van der Waals surface area (Å²) in [6.07, 6.45) is 2.71. The minimum absolute atomic E-state index is 0.00389. The van der Waals surface area contributed by atoms with E-state index in [0.29, 0.717) is 0 Å². The molecule has 0 radical (unpaired) electrons. The monoisotopic (exact) mass is 333 g/mol. The Labute approximate surface area is 143 Å². The maximum absolute atomic E-state index is 11.0. The summed E-state index contributed by atoms with van der Waals surface area (Å²) >= 11 is 1.79. The zero-order chi connectivity index (χ0) is 17.2. The molecule has 2 aromatic rings. The van der Waals surface area contributed by atoms with Crippen LogP contribution >= 0.6 is 11.3 Å². The first-order valence-corrected chi connectivity index (χ1v) is 9.14. The summed E-state index contributed by atoms with van der Waals surface area (Å²) in [5.74, 6) is 0.439. The van der Waals surface area contributed by atoms with Gasteiger partial charge in [0.05, 0.1) is 0 Å².